The number of nitrogens with one attached hydrogen (secondary N) is 1. The number of carbonyl (C=O) groups is 1. The lowest BCUT2D eigenvalue weighted by atomic mass is 9.85. The summed E-state index contributed by atoms with van der Waals surface area (Å²) in [6.45, 7) is 10.4. The molecule has 1 aliphatic heterocycles. The Morgan fingerprint density at radius 2 is 2.04 bits per heavy atom. The molecule has 0 aromatic heterocycles. The van der Waals surface area contributed by atoms with Crippen molar-refractivity contribution in [3.8, 4) is 11.5 Å². The maximum Gasteiger partial charge on any atom is 0.219 e. The molecule has 1 heterocycles. The first-order valence-corrected chi connectivity index (χ1v) is 8.77. The molecule has 1 amide bonds. The van der Waals surface area contributed by atoms with E-state index in [1.54, 1.807) is 6.07 Å². The number of aromatic hydroxyl groups is 2. The minimum atomic E-state index is -0.0978. The van der Waals surface area contributed by atoms with Crippen LogP contribution in [0.2, 0.25) is 0 Å². The average molecular weight is 334 g/mol. The van der Waals surface area contributed by atoms with Crippen LogP contribution in [0.3, 0.4) is 0 Å². The number of piperidine rings is 1. The molecular formula is C19H30N2O3. The highest BCUT2D eigenvalue weighted by Gasteiger charge is 2.24. The van der Waals surface area contributed by atoms with Crippen molar-refractivity contribution < 1.29 is 15.0 Å². The quantitative estimate of drug-likeness (QED) is 0.740. The van der Waals surface area contributed by atoms with Crippen LogP contribution in [0.15, 0.2) is 12.1 Å². The Morgan fingerprint density at radius 1 is 1.33 bits per heavy atom. The molecule has 134 valence electrons. The van der Waals surface area contributed by atoms with Gasteiger partial charge in [-0.2, -0.15) is 0 Å². The summed E-state index contributed by atoms with van der Waals surface area (Å²) in [4.78, 5) is 13.8. The van der Waals surface area contributed by atoms with Gasteiger partial charge in [-0.25, -0.2) is 0 Å². The van der Waals surface area contributed by atoms with Gasteiger partial charge in [-0.1, -0.05) is 33.8 Å². The van der Waals surface area contributed by atoms with Crippen molar-refractivity contribution in [1.29, 1.82) is 0 Å². The van der Waals surface area contributed by atoms with Crippen LogP contribution < -0.4 is 5.32 Å². The molecule has 1 saturated heterocycles. The van der Waals surface area contributed by atoms with E-state index in [9.17, 15) is 15.0 Å². The molecule has 3 N–H and O–H groups in total. The first kappa shape index (κ1) is 18.6. The molecule has 1 atom stereocenters. The Morgan fingerprint density at radius 3 is 2.67 bits per heavy atom. The molecule has 1 aromatic rings. The number of nitrogens with zero attached hydrogens (tertiary/aromatic N) is 1. The SMILES string of the molecule is CCC(=O)N[C@@H]1CCCN(Cc2cc(C(C)(C)C)cc(O)c2O)C1. The molecule has 0 unspecified atom stereocenters. The second kappa shape index (κ2) is 7.43. The van der Waals surface area contributed by atoms with Crippen LogP contribution in [0.4, 0.5) is 0 Å². The first-order chi connectivity index (χ1) is 11.2. The topological polar surface area (TPSA) is 72.8 Å². The maximum absolute atomic E-state index is 11.6. The van der Waals surface area contributed by atoms with E-state index in [1.165, 1.54) is 0 Å². The summed E-state index contributed by atoms with van der Waals surface area (Å²) in [5.41, 5.74) is 1.64. The van der Waals surface area contributed by atoms with Gasteiger partial charge in [0, 0.05) is 31.1 Å². The Balaban J connectivity index is 2.12. The molecular weight excluding hydrogens is 304 g/mol. The minimum Gasteiger partial charge on any atom is -0.504 e. The number of hydrogen-bond acceptors (Lipinski definition) is 4. The molecule has 1 fully saturated rings. The normalized spacial score (nSPS) is 19.2. The lowest BCUT2D eigenvalue weighted by Crippen LogP contribution is -2.47. The zero-order valence-electron chi connectivity index (χ0n) is 15.2. The minimum absolute atomic E-state index is 0.0392. The number of hydrogen-bond donors (Lipinski definition) is 3. The number of phenols is 2. The van der Waals surface area contributed by atoms with Gasteiger partial charge in [0.05, 0.1) is 0 Å². The molecule has 1 aromatic carbocycles. The van der Waals surface area contributed by atoms with Crippen LogP contribution in [0, 0.1) is 0 Å². The molecule has 0 bridgehead atoms. The van der Waals surface area contributed by atoms with Gasteiger partial charge < -0.3 is 15.5 Å². The fourth-order valence-corrected chi connectivity index (χ4v) is 3.12. The summed E-state index contributed by atoms with van der Waals surface area (Å²) in [6, 6.07) is 3.77. The summed E-state index contributed by atoms with van der Waals surface area (Å²) in [5, 5.41) is 23.3. The van der Waals surface area contributed by atoms with Crippen LogP contribution in [0.25, 0.3) is 0 Å². The summed E-state index contributed by atoms with van der Waals surface area (Å²) in [6.07, 6.45) is 2.50. The van der Waals surface area contributed by atoms with E-state index >= 15 is 0 Å². The molecule has 24 heavy (non-hydrogen) atoms. The second-order valence-corrected chi connectivity index (χ2v) is 7.75. The fraction of sp³-hybridized carbons (Fsp3) is 0.632. The predicted molar refractivity (Wildman–Crippen MR) is 95.2 cm³/mol. The number of rotatable bonds is 4. The highest BCUT2D eigenvalue weighted by atomic mass is 16.3. The van der Waals surface area contributed by atoms with Gasteiger partial charge in [-0.3, -0.25) is 9.69 Å². The van der Waals surface area contributed by atoms with Crippen LogP contribution in [0.5, 0.6) is 11.5 Å². The highest BCUT2D eigenvalue weighted by Crippen LogP contribution is 2.36. The maximum atomic E-state index is 11.6. The summed E-state index contributed by atoms with van der Waals surface area (Å²) in [5.74, 6) is -0.0231. The average Bonchev–Trinajstić information content (AvgIpc) is 2.50. The van der Waals surface area contributed by atoms with E-state index < -0.39 is 0 Å². The van der Waals surface area contributed by atoms with Crippen LogP contribution in [-0.4, -0.2) is 40.2 Å². The molecule has 2 rings (SSSR count). The Labute approximate surface area is 144 Å². The van der Waals surface area contributed by atoms with E-state index in [-0.39, 0.29) is 28.9 Å². The van der Waals surface area contributed by atoms with Crippen LogP contribution in [-0.2, 0) is 16.8 Å². The summed E-state index contributed by atoms with van der Waals surface area (Å²) in [7, 11) is 0. The number of amides is 1. The molecule has 0 saturated carbocycles. The zero-order valence-corrected chi connectivity index (χ0v) is 15.2. The van der Waals surface area contributed by atoms with Gasteiger partial charge in [0.25, 0.3) is 0 Å². The van der Waals surface area contributed by atoms with E-state index in [0.717, 1.165) is 37.1 Å². The van der Waals surface area contributed by atoms with E-state index in [2.05, 4.69) is 31.0 Å². The lowest BCUT2D eigenvalue weighted by molar-refractivity contribution is -0.121. The number of phenolic OH excluding ortho intramolecular Hbond substituents is 2. The Bertz CT molecular complexity index is 593. The Hall–Kier alpha value is -1.75. The first-order valence-electron chi connectivity index (χ1n) is 8.77. The van der Waals surface area contributed by atoms with Gasteiger partial charge in [-0.05, 0) is 36.4 Å². The highest BCUT2D eigenvalue weighted by molar-refractivity contribution is 5.75. The van der Waals surface area contributed by atoms with Gasteiger partial charge in [0.1, 0.15) is 0 Å². The monoisotopic (exact) mass is 334 g/mol. The Kier molecular flexibility index (Phi) is 5.75. The van der Waals surface area contributed by atoms with Crippen molar-refractivity contribution in [2.24, 2.45) is 0 Å². The smallest absolute Gasteiger partial charge is 0.219 e. The van der Waals surface area contributed by atoms with Crippen molar-refractivity contribution in [3.63, 3.8) is 0 Å². The zero-order chi connectivity index (χ0) is 17.9. The summed E-state index contributed by atoms with van der Waals surface area (Å²) < 4.78 is 0. The number of benzene rings is 1. The number of likely N-dealkylation sites (tertiary alicyclic amines) is 1. The standard InChI is InChI=1S/C19H30N2O3/c1-5-17(23)20-15-7-6-8-21(12-15)11-13-9-14(19(2,3)4)10-16(22)18(13)24/h9-10,15,22,24H,5-8,11-12H2,1-4H3,(H,20,23)/t15-/m1/s1. The van der Waals surface area contributed by atoms with E-state index in [4.69, 9.17) is 0 Å². The lowest BCUT2D eigenvalue weighted by Gasteiger charge is -2.33. The third-order valence-corrected chi connectivity index (χ3v) is 4.62. The summed E-state index contributed by atoms with van der Waals surface area (Å²) >= 11 is 0. The molecule has 0 spiro atoms. The largest absolute Gasteiger partial charge is 0.504 e. The van der Waals surface area contributed by atoms with Crippen molar-refractivity contribution in [2.45, 2.75) is 65.0 Å². The van der Waals surface area contributed by atoms with Gasteiger partial charge >= 0.3 is 0 Å². The second-order valence-electron chi connectivity index (χ2n) is 7.75. The molecule has 1 aliphatic rings. The molecule has 5 nitrogen and oxygen atoms in total. The van der Waals surface area contributed by atoms with Crippen molar-refractivity contribution in [1.82, 2.24) is 10.2 Å². The number of carbonyl (C=O) groups excluding carboxylic acids is 1. The molecule has 5 heteroatoms. The molecule has 0 aliphatic carbocycles. The van der Waals surface area contributed by atoms with E-state index in [1.807, 2.05) is 13.0 Å². The van der Waals surface area contributed by atoms with Crippen molar-refractivity contribution >= 4 is 5.91 Å². The van der Waals surface area contributed by atoms with Gasteiger partial charge in [-0.15, -0.1) is 0 Å². The van der Waals surface area contributed by atoms with Crippen LogP contribution in [0.1, 0.15) is 58.1 Å². The van der Waals surface area contributed by atoms with Crippen LogP contribution >= 0.6 is 0 Å². The predicted octanol–water partition coefficient (Wildman–Crippen LogP) is 2.89. The third kappa shape index (κ3) is 4.63. The van der Waals surface area contributed by atoms with Crippen molar-refractivity contribution in [3.05, 3.63) is 23.3 Å². The van der Waals surface area contributed by atoms with E-state index in [0.29, 0.717) is 13.0 Å². The van der Waals surface area contributed by atoms with Crippen molar-refractivity contribution in [2.75, 3.05) is 13.1 Å². The molecule has 0 radical (unpaired) electrons. The van der Waals surface area contributed by atoms with Gasteiger partial charge in [0.15, 0.2) is 11.5 Å². The van der Waals surface area contributed by atoms with Gasteiger partial charge in [0.2, 0.25) is 5.91 Å². The fourth-order valence-electron chi connectivity index (χ4n) is 3.12. The third-order valence-electron chi connectivity index (χ3n) is 4.62.